The Labute approximate surface area is 119 Å². The monoisotopic (exact) mass is 325 g/mol. The normalized spacial score (nSPS) is 10.8. The lowest BCUT2D eigenvalue weighted by Gasteiger charge is -2.09. The molecular formula is C15H14BrF2N. The molecule has 0 aliphatic heterocycles. The van der Waals surface area contributed by atoms with Crippen molar-refractivity contribution in [2.75, 3.05) is 5.32 Å². The fourth-order valence-electron chi connectivity index (χ4n) is 1.75. The second kappa shape index (κ2) is 6.15. The molecule has 19 heavy (non-hydrogen) atoms. The summed E-state index contributed by atoms with van der Waals surface area (Å²) in [5, 5.41) is 3.22. The number of aryl methyl sites for hydroxylation is 1. The summed E-state index contributed by atoms with van der Waals surface area (Å²) < 4.78 is 26.2. The summed E-state index contributed by atoms with van der Waals surface area (Å²) in [6.45, 7) is 2.54. The summed E-state index contributed by atoms with van der Waals surface area (Å²) in [5.74, 6) is 0. The van der Waals surface area contributed by atoms with Gasteiger partial charge in [0.05, 0.1) is 0 Å². The minimum atomic E-state index is -2.42. The standard InChI is InChI=1S/C15H14BrF2N/c1-10-5-6-13(8-14(10)16)19-9-11-3-2-4-12(7-11)15(17)18/h2-8,15,19H,9H2,1H3. The Morgan fingerprint density at radius 1 is 1.16 bits per heavy atom. The smallest absolute Gasteiger partial charge is 0.263 e. The van der Waals surface area contributed by atoms with Gasteiger partial charge in [0.15, 0.2) is 0 Å². The Bertz CT molecular complexity index is 570. The Hall–Kier alpha value is -1.42. The van der Waals surface area contributed by atoms with Crippen molar-refractivity contribution in [1.82, 2.24) is 0 Å². The van der Waals surface area contributed by atoms with Gasteiger partial charge in [0.2, 0.25) is 0 Å². The Kier molecular flexibility index (Phi) is 4.53. The topological polar surface area (TPSA) is 12.0 Å². The molecule has 0 atom stereocenters. The number of benzene rings is 2. The summed E-state index contributed by atoms with van der Waals surface area (Å²) in [4.78, 5) is 0. The van der Waals surface area contributed by atoms with Gasteiger partial charge in [-0.05, 0) is 36.2 Å². The molecular weight excluding hydrogens is 312 g/mol. The number of nitrogens with one attached hydrogen (secondary N) is 1. The van der Waals surface area contributed by atoms with E-state index in [9.17, 15) is 8.78 Å². The molecule has 0 radical (unpaired) electrons. The lowest BCUT2D eigenvalue weighted by molar-refractivity contribution is 0.151. The van der Waals surface area contributed by atoms with Gasteiger partial charge in [-0.1, -0.05) is 40.2 Å². The average Bonchev–Trinajstić information content (AvgIpc) is 2.40. The number of hydrogen-bond acceptors (Lipinski definition) is 1. The zero-order valence-corrected chi connectivity index (χ0v) is 12.0. The minimum Gasteiger partial charge on any atom is -0.381 e. The van der Waals surface area contributed by atoms with Crippen molar-refractivity contribution in [3.8, 4) is 0 Å². The summed E-state index contributed by atoms with van der Waals surface area (Å²) in [6, 6.07) is 12.4. The van der Waals surface area contributed by atoms with E-state index in [0.29, 0.717) is 6.54 Å². The molecule has 0 spiro atoms. The zero-order valence-electron chi connectivity index (χ0n) is 10.5. The van der Waals surface area contributed by atoms with E-state index in [2.05, 4.69) is 21.2 Å². The molecule has 0 aliphatic rings. The molecule has 1 N–H and O–H groups in total. The molecule has 0 bridgehead atoms. The molecule has 0 aromatic heterocycles. The lowest BCUT2D eigenvalue weighted by atomic mass is 10.1. The van der Waals surface area contributed by atoms with Gasteiger partial charge < -0.3 is 5.32 Å². The minimum absolute atomic E-state index is 0.0596. The van der Waals surface area contributed by atoms with Crippen molar-refractivity contribution in [2.24, 2.45) is 0 Å². The number of anilines is 1. The number of hydrogen-bond donors (Lipinski definition) is 1. The van der Waals surface area contributed by atoms with Crippen molar-refractivity contribution in [2.45, 2.75) is 19.9 Å². The van der Waals surface area contributed by atoms with E-state index in [1.54, 1.807) is 6.07 Å². The van der Waals surface area contributed by atoms with Crippen LogP contribution in [0.4, 0.5) is 14.5 Å². The van der Waals surface area contributed by atoms with Crippen LogP contribution < -0.4 is 5.32 Å². The summed E-state index contributed by atoms with van der Waals surface area (Å²) in [7, 11) is 0. The van der Waals surface area contributed by atoms with E-state index in [1.165, 1.54) is 12.1 Å². The largest absolute Gasteiger partial charge is 0.381 e. The van der Waals surface area contributed by atoms with E-state index in [4.69, 9.17) is 0 Å². The first-order valence-corrected chi connectivity index (χ1v) is 6.72. The molecule has 2 aromatic carbocycles. The van der Waals surface area contributed by atoms with Crippen LogP contribution in [-0.4, -0.2) is 0 Å². The quantitative estimate of drug-likeness (QED) is 0.803. The Morgan fingerprint density at radius 3 is 2.63 bits per heavy atom. The van der Waals surface area contributed by atoms with E-state index >= 15 is 0 Å². The highest BCUT2D eigenvalue weighted by atomic mass is 79.9. The highest BCUT2D eigenvalue weighted by Gasteiger charge is 2.06. The summed E-state index contributed by atoms with van der Waals surface area (Å²) in [6.07, 6.45) is -2.42. The molecule has 2 aromatic rings. The molecule has 0 unspecified atom stereocenters. The predicted molar refractivity (Wildman–Crippen MR) is 77.6 cm³/mol. The van der Waals surface area contributed by atoms with Crippen LogP contribution in [0.25, 0.3) is 0 Å². The van der Waals surface area contributed by atoms with Gasteiger partial charge in [-0.15, -0.1) is 0 Å². The van der Waals surface area contributed by atoms with Crippen LogP contribution in [-0.2, 0) is 6.54 Å². The van der Waals surface area contributed by atoms with Crippen molar-refractivity contribution in [3.63, 3.8) is 0 Å². The van der Waals surface area contributed by atoms with Gasteiger partial charge in [-0.2, -0.15) is 0 Å². The van der Waals surface area contributed by atoms with Gasteiger partial charge in [0.25, 0.3) is 6.43 Å². The predicted octanol–water partition coefficient (Wildman–Crippen LogP) is 5.31. The third-order valence-electron chi connectivity index (χ3n) is 2.87. The van der Waals surface area contributed by atoms with Gasteiger partial charge in [-0.3, -0.25) is 0 Å². The molecule has 0 aliphatic carbocycles. The van der Waals surface area contributed by atoms with Crippen molar-refractivity contribution < 1.29 is 8.78 Å². The van der Waals surface area contributed by atoms with Crippen molar-refractivity contribution in [3.05, 3.63) is 63.6 Å². The van der Waals surface area contributed by atoms with Crippen molar-refractivity contribution >= 4 is 21.6 Å². The highest BCUT2D eigenvalue weighted by Crippen LogP contribution is 2.22. The lowest BCUT2D eigenvalue weighted by Crippen LogP contribution is -2.00. The summed E-state index contributed by atoms with van der Waals surface area (Å²) in [5.41, 5.74) is 3.02. The van der Waals surface area contributed by atoms with Crippen LogP contribution >= 0.6 is 15.9 Å². The second-order valence-corrected chi connectivity index (χ2v) is 5.22. The van der Waals surface area contributed by atoms with Gasteiger partial charge >= 0.3 is 0 Å². The van der Waals surface area contributed by atoms with Crippen LogP contribution in [0.5, 0.6) is 0 Å². The van der Waals surface area contributed by atoms with Crippen LogP contribution in [0, 0.1) is 6.92 Å². The maximum absolute atomic E-state index is 12.6. The van der Waals surface area contributed by atoms with Crippen LogP contribution in [0.1, 0.15) is 23.1 Å². The number of rotatable bonds is 4. The van der Waals surface area contributed by atoms with Crippen molar-refractivity contribution in [1.29, 1.82) is 0 Å². The molecule has 0 saturated heterocycles. The maximum atomic E-state index is 12.6. The molecule has 2 rings (SSSR count). The first-order valence-electron chi connectivity index (χ1n) is 5.93. The molecule has 4 heteroatoms. The highest BCUT2D eigenvalue weighted by molar-refractivity contribution is 9.10. The molecule has 0 fully saturated rings. The molecule has 0 saturated carbocycles. The zero-order chi connectivity index (χ0) is 13.8. The fraction of sp³-hybridized carbons (Fsp3) is 0.200. The van der Waals surface area contributed by atoms with E-state index in [1.807, 2.05) is 31.2 Å². The van der Waals surface area contributed by atoms with Gasteiger partial charge in [0, 0.05) is 22.3 Å². The van der Waals surface area contributed by atoms with Gasteiger partial charge in [0.1, 0.15) is 0 Å². The van der Waals surface area contributed by atoms with Crippen LogP contribution in [0.3, 0.4) is 0 Å². The fourth-order valence-corrected chi connectivity index (χ4v) is 2.12. The molecule has 100 valence electrons. The number of halogens is 3. The van der Waals surface area contributed by atoms with Crippen LogP contribution in [0.2, 0.25) is 0 Å². The third-order valence-corrected chi connectivity index (χ3v) is 3.73. The van der Waals surface area contributed by atoms with Gasteiger partial charge in [-0.25, -0.2) is 8.78 Å². The SMILES string of the molecule is Cc1ccc(NCc2cccc(C(F)F)c2)cc1Br. The van der Waals surface area contributed by atoms with E-state index < -0.39 is 6.43 Å². The Balaban J connectivity index is 2.05. The number of alkyl halides is 2. The third kappa shape index (κ3) is 3.77. The van der Waals surface area contributed by atoms with E-state index in [0.717, 1.165) is 21.3 Å². The Morgan fingerprint density at radius 2 is 1.95 bits per heavy atom. The first kappa shape index (κ1) is 14.0. The molecule has 0 amide bonds. The van der Waals surface area contributed by atoms with Crippen LogP contribution in [0.15, 0.2) is 46.9 Å². The molecule has 1 nitrogen and oxygen atoms in total. The summed E-state index contributed by atoms with van der Waals surface area (Å²) >= 11 is 3.46. The maximum Gasteiger partial charge on any atom is 0.263 e. The first-order chi connectivity index (χ1) is 9.06. The van der Waals surface area contributed by atoms with E-state index in [-0.39, 0.29) is 5.56 Å². The molecule has 0 heterocycles. The second-order valence-electron chi connectivity index (χ2n) is 4.36. The average molecular weight is 326 g/mol.